The summed E-state index contributed by atoms with van der Waals surface area (Å²) in [5.74, 6) is 1.47. The van der Waals surface area contributed by atoms with E-state index in [4.69, 9.17) is 5.73 Å². The van der Waals surface area contributed by atoms with Crippen molar-refractivity contribution < 1.29 is 4.79 Å². The van der Waals surface area contributed by atoms with Gasteiger partial charge >= 0.3 is 0 Å². The third kappa shape index (κ3) is 2.57. The molecule has 3 fully saturated rings. The molecule has 0 bridgehead atoms. The molecule has 0 aromatic carbocycles. The molecule has 1 aromatic rings. The molecule has 3 saturated heterocycles. The monoisotopic (exact) mass is 316 g/mol. The number of anilines is 1. The van der Waals surface area contributed by atoms with E-state index in [-0.39, 0.29) is 11.9 Å². The fraction of sp³-hybridized carbons (Fsp3) is 0.688. The summed E-state index contributed by atoms with van der Waals surface area (Å²) < 4.78 is 0. The zero-order valence-corrected chi connectivity index (χ0v) is 13.5. The van der Waals surface area contributed by atoms with Crippen LogP contribution in [0.2, 0.25) is 0 Å². The van der Waals surface area contributed by atoms with E-state index < -0.39 is 0 Å². The number of hydrogen-bond donors (Lipinski definition) is 2. The molecule has 0 saturated carbocycles. The number of nitrogens with two attached hydrogens (primary N) is 1. The summed E-state index contributed by atoms with van der Waals surface area (Å²) >= 11 is 0. The van der Waals surface area contributed by atoms with Gasteiger partial charge in [0.15, 0.2) is 0 Å². The first-order chi connectivity index (χ1) is 11.0. The third-order valence-electron chi connectivity index (χ3n) is 5.59. The minimum atomic E-state index is -0.0635. The number of rotatable bonds is 2. The second-order valence-electron chi connectivity index (χ2n) is 7.42. The standard InChI is InChI=1S/C16H24N6O/c1-16-9-18-4-11(16)7-22(10-16)14-6-19-13(5-20-14)15(23)21-3-2-12(17)8-21/h5-6,11-12,18H,2-4,7-10,17H2,1H3/t11-,12?,16+/m0/s1. The van der Waals surface area contributed by atoms with E-state index in [0.717, 1.165) is 38.4 Å². The van der Waals surface area contributed by atoms with Gasteiger partial charge in [-0.25, -0.2) is 9.97 Å². The van der Waals surface area contributed by atoms with Crippen LogP contribution in [0.15, 0.2) is 12.4 Å². The number of hydrogen-bond acceptors (Lipinski definition) is 6. The highest BCUT2D eigenvalue weighted by atomic mass is 16.2. The molecule has 7 heteroatoms. The van der Waals surface area contributed by atoms with E-state index >= 15 is 0 Å². The molecule has 4 heterocycles. The SMILES string of the molecule is C[C@]12CNC[C@H]1CN(c1cnc(C(=O)N3CCC(N)C3)cn1)C2. The summed E-state index contributed by atoms with van der Waals surface area (Å²) in [6, 6.07) is 0.0875. The van der Waals surface area contributed by atoms with Crippen LogP contribution >= 0.6 is 0 Å². The van der Waals surface area contributed by atoms with Crippen LogP contribution in [0.4, 0.5) is 5.82 Å². The summed E-state index contributed by atoms with van der Waals surface area (Å²) in [6.07, 6.45) is 4.20. The van der Waals surface area contributed by atoms with Crippen LogP contribution < -0.4 is 16.0 Å². The van der Waals surface area contributed by atoms with Crippen LogP contribution in [0, 0.1) is 11.3 Å². The molecule has 0 radical (unpaired) electrons. The third-order valence-corrected chi connectivity index (χ3v) is 5.59. The van der Waals surface area contributed by atoms with Crippen molar-refractivity contribution in [1.82, 2.24) is 20.2 Å². The normalized spacial score (nSPS) is 33.3. The maximum atomic E-state index is 12.4. The molecule has 3 N–H and O–H groups in total. The Balaban J connectivity index is 1.45. The molecule has 0 aliphatic carbocycles. The highest BCUT2D eigenvalue weighted by molar-refractivity contribution is 5.92. The zero-order valence-electron chi connectivity index (χ0n) is 13.5. The molecule has 3 aliphatic heterocycles. The number of amides is 1. The zero-order chi connectivity index (χ0) is 16.0. The van der Waals surface area contributed by atoms with Crippen molar-refractivity contribution in [3.8, 4) is 0 Å². The van der Waals surface area contributed by atoms with Crippen molar-refractivity contribution in [3.63, 3.8) is 0 Å². The Morgan fingerprint density at radius 1 is 1.39 bits per heavy atom. The van der Waals surface area contributed by atoms with Crippen molar-refractivity contribution in [1.29, 1.82) is 0 Å². The maximum absolute atomic E-state index is 12.4. The van der Waals surface area contributed by atoms with Crippen molar-refractivity contribution in [3.05, 3.63) is 18.1 Å². The van der Waals surface area contributed by atoms with Gasteiger partial charge in [0.05, 0.1) is 12.4 Å². The number of fused-ring (bicyclic) bond motifs is 1. The lowest BCUT2D eigenvalue weighted by Crippen LogP contribution is -2.33. The molecule has 0 spiro atoms. The smallest absolute Gasteiger partial charge is 0.274 e. The molecule has 1 unspecified atom stereocenters. The van der Waals surface area contributed by atoms with Gasteiger partial charge in [0.25, 0.3) is 5.91 Å². The summed E-state index contributed by atoms with van der Waals surface area (Å²) in [5, 5.41) is 3.47. The number of nitrogens with one attached hydrogen (secondary N) is 1. The first-order valence-corrected chi connectivity index (χ1v) is 8.38. The van der Waals surface area contributed by atoms with Crippen LogP contribution in [0.1, 0.15) is 23.8 Å². The Labute approximate surface area is 136 Å². The highest BCUT2D eigenvalue weighted by Crippen LogP contribution is 2.39. The molecule has 1 aromatic heterocycles. The summed E-state index contributed by atoms with van der Waals surface area (Å²) in [4.78, 5) is 25.3. The van der Waals surface area contributed by atoms with E-state index in [1.807, 2.05) is 0 Å². The molecule has 1 amide bonds. The number of nitrogens with zero attached hydrogens (tertiary/aromatic N) is 4. The van der Waals surface area contributed by atoms with Gasteiger partial charge in [0.2, 0.25) is 0 Å². The van der Waals surface area contributed by atoms with Gasteiger partial charge in [0, 0.05) is 50.7 Å². The van der Waals surface area contributed by atoms with E-state index in [2.05, 4.69) is 27.1 Å². The lowest BCUT2D eigenvalue weighted by atomic mass is 9.83. The topological polar surface area (TPSA) is 87.4 Å². The van der Waals surface area contributed by atoms with Crippen LogP contribution in [0.25, 0.3) is 0 Å². The Morgan fingerprint density at radius 3 is 2.91 bits per heavy atom. The van der Waals surface area contributed by atoms with E-state index in [9.17, 15) is 4.79 Å². The van der Waals surface area contributed by atoms with Crippen molar-refractivity contribution in [2.75, 3.05) is 44.2 Å². The minimum absolute atomic E-state index is 0.0635. The summed E-state index contributed by atoms with van der Waals surface area (Å²) in [7, 11) is 0. The lowest BCUT2D eigenvalue weighted by Gasteiger charge is -2.22. The van der Waals surface area contributed by atoms with E-state index in [1.54, 1.807) is 17.3 Å². The Bertz CT molecular complexity index is 605. The minimum Gasteiger partial charge on any atom is -0.354 e. The maximum Gasteiger partial charge on any atom is 0.274 e. The summed E-state index contributed by atoms with van der Waals surface area (Å²) in [5.41, 5.74) is 6.60. The van der Waals surface area contributed by atoms with Gasteiger partial charge in [-0.1, -0.05) is 6.92 Å². The fourth-order valence-corrected chi connectivity index (χ4v) is 4.06. The van der Waals surface area contributed by atoms with Gasteiger partial charge in [-0.3, -0.25) is 4.79 Å². The Hall–Kier alpha value is -1.73. The molecule has 3 aliphatic rings. The van der Waals surface area contributed by atoms with E-state index in [0.29, 0.717) is 30.1 Å². The van der Waals surface area contributed by atoms with Crippen molar-refractivity contribution in [2.45, 2.75) is 19.4 Å². The molecule has 124 valence electrons. The molecular formula is C16H24N6O. The molecular weight excluding hydrogens is 292 g/mol. The molecule has 3 atom stereocenters. The highest BCUT2D eigenvalue weighted by Gasteiger charge is 2.46. The van der Waals surface area contributed by atoms with Crippen LogP contribution in [-0.2, 0) is 0 Å². The quantitative estimate of drug-likeness (QED) is 0.779. The average molecular weight is 316 g/mol. The van der Waals surface area contributed by atoms with Crippen LogP contribution in [-0.4, -0.2) is 66.1 Å². The number of carbonyl (C=O) groups excluding carboxylic acids is 1. The van der Waals surface area contributed by atoms with E-state index in [1.165, 1.54) is 0 Å². The number of aromatic nitrogens is 2. The van der Waals surface area contributed by atoms with Gasteiger partial charge in [-0.2, -0.15) is 0 Å². The lowest BCUT2D eigenvalue weighted by molar-refractivity contribution is 0.0784. The predicted octanol–water partition coefficient (Wildman–Crippen LogP) is -0.304. The number of carbonyl (C=O) groups is 1. The van der Waals surface area contributed by atoms with Gasteiger partial charge in [-0.05, 0) is 12.3 Å². The first-order valence-electron chi connectivity index (χ1n) is 8.38. The molecule has 4 rings (SSSR count). The predicted molar refractivity (Wildman–Crippen MR) is 87.2 cm³/mol. The van der Waals surface area contributed by atoms with Gasteiger partial charge in [0.1, 0.15) is 11.5 Å². The first kappa shape index (κ1) is 14.8. The Morgan fingerprint density at radius 2 is 2.26 bits per heavy atom. The summed E-state index contributed by atoms with van der Waals surface area (Å²) in [6.45, 7) is 7.79. The van der Waals surface area contributed by atoms with Crippen molar-refractivity contribution in [2.24, 2.45) is 17.1 Å². The average Bonchev–Trinajstić information content (AvgIpc) is 3.20. The molecule has 23 heavy (non-hydrogen) atoms. The van der Waals surface area contributed by atoms with Gasteiger partial charge < -0.3 is 20.9 Å². The Kier molecular flexibility index (Phi) is 3.50. The second kappa shape index (κ2) is 5.42. The van der Waals surface area contributed by atoms with Crippen LogP contribution in [0.3, 0.4) is 0 Å². The second-order valence-corrected chi connectivity index (χ2v) is 7.42. The fourth-order valence-electron chi connectivity index (χ4n) is 4.06. The largest absolute Gasteiger partial charge is 0.354 e. The van der Waals surface area contributed by atoms with Crippen molar-refractivity contribution >= 4 is 11.7 Å². The van der Waals surface area contributed by atoms with Crippen LogP contribution in [0.5, 0.6) is 0 Å². The van der Waals surface area contributed by atoms with Gasteiger partial charge in [-0.15, -0.1) is 0 Å². The molecule has 7 nitrogen and oxygen atoms in total. The number of likely N-dealkylation sites (tertiary alicyclic amines) is 1.